The molecule has 0 saturated carbocycles. The van der Waals surface area contributed by atoms with Crippen LogP contribution in [0, 0.1) is 0 Å². The van der Waals surface area contributed by atoms with Gasteiger partial charge in [-0.15, -0.1) is 11.3 Å². The van der Waals surface area contributed by atoms with Crippen molar-refractivity contribution in [3.63, 3.8) is 0 Å². The normalized spacial score (nSPS) is 11.6. The highest BCUT2D eigenvalue weighted by Gasteiger charge is 2.41. The Balaban J connectivity index is 2.05. The van der Waals surface area contributed by atoms with Crippen LogP contribution >= 0.6 is 27.3 Å². The average Bonchev–Trinajstić information content (AvgIpc) is 3.22. The van der Waals surface area contributed by atoms with E-state index in [-0.39, 0.29) is 11.7 Å². The van der Waals surface area contributed by atoms with E-state index in [1.165, 1.54) is 6.92 Å². The summed E-state index contributed by atoms with van der Waals surface area (Å²) >= 11 is 4.32. The third kappa shape index (κ3) is 3.65. The lowest BCUT2D eigenvalue weighted by atomic mass is 10.2. The Bertz CT molecular complexity index is 935. The molecule has 0 aliphatic rings. The highest BCUT2D eigenvalue weighted by atomic mass is 79.9. The third-order valence-corrected chi connectivity index (χ3v) is 4.69. The molecule has 0 spiro atoms. The van der Waals surface area contributed by atoms with Gasteiger partial charge in [-0.1, -0.05) is 28.1 Å². The smallest absolute Gasteiger partial charge is 0.434 e. The van der Waals surface area contributed by atoms with E-state index in [4.69, 9.17) is 0 Å². The lowest BCUT2D eigenvalue weighted by Gasteiger charge is -2.10. The maximum Gasteiger partial charge on any atom is 0.434 e. The maximum atomic E-state index is 13.5. The average molecular weight is 446 g/mol. The number of aromatic nitrogens is 3. The molecule has 26 heavy (non-hydrogen) atoms. The molecule has 0 saturated heterocycles. The first-order chi connectivity index (χ1) is 12.3. The van der Waals surface area contributed by atoms with Crippen LogP contribution in [0.3, 0.4) is 0 Å². The first-order valence-electron chi connectivity index (χ1n) is 7.35. The molecule has 2 aromatic heterocycles. The number of ether oxygens (including phenoxy) is 1. The number of halogens is 4. The second-order valence-electron chi connectivity index (χ2n) is 5.06. The van der Waals surface area contributed by atoms with Crippen LogP contribution in [0.4, 0.5) is 13.2 Å². The number of esters is 1. The van der Waals surface area contributed by atoms with Crippen molar-refractivity contribution in [1.82, 2.24) is 14.8 Å². The Morgan fingerprint density at radius 3 is 2.62 bits per heavy atom. The van der Waals surface area contributed by atoms with Gasteiger partial charge in [0.25, 0.3) is 0 Å². The summed E-state index contributed by atoms with van der Waals surface area (Å²) in [5.74, 6) is -1.07. The molecule has 0 N–H and O–H groups in total. The number of rotatable bonds is 4. The molecule has 0 aliphatic heterocycles. The van der Waals surface area contributed by atoms with Crippen molar-refractivity contribution in [1.29, 1.82) is 0 Å². The lowest BCUT2D eigenvalue weighted by Crippen LogP contribution is -2.18. The molecule has 0 aliphatic carbocycles. The molecule has 10 heteroatoms. The van der Waals surface area contributed by atoms with Gasteiger partial charge in [0.1, 0.15) is 5.56 Å². The Morgan fingerprint density at radius 1 is 1.31 bits per heavy atom. The molecule has 0 amide bonds. The van der Waals surface area contributed by atoms with Crippen LogP contribution in [0.5, 0.6) is 0 Å². The van der Waals surface area contributed by atoms with Crippen LogP contribution < -0.4 is 0 Å². The summed E-state index contributed by atoms with van der Waals surface area (Å²) in [7, 11) is 0. The van der Waals surface area contributed by atoms with Crippen molar-refractivity contribution in [2.45, 2.75) is 13.1 Å². The summed E-state index contributed by atoms with van der Waals surface area (Å²) in [6, 6.07) is 7.20. The first-order valence-corrected chi connectivity index (χ1v) is 9.02. The van der Waals surface area contributed by atoms with Gasteiger partial charge in [-0.25, -0.2) is 14.5 Å². The fraction of sp³-hybridized carbons (Fsp3) is 0.188. The Labute approximate surface area is 158 Å². The van der Waals surface area contributed by atoms with Gasteiger partial charge in [0.2, 0.25) is 5.13 Å². The number of benzene rings is 1. The fourth-order valence-corrected chi connectivity index (χ4v) is 3.30. The minimum Gasteiger partial charge on any atom is -0.462 e. The number of thiazole rings is 1. The van der Waals surface area contributed by atoms with E-state index in [9.17, 15) is 18.0 Å². The third-order valence-electron chi connectivity index (χ3n) is 3.35. The minimum atomic E-state index is -4.79. The van der Waals surface area contributed by atoms with Crippen molar-refractivity contribution in [2.24, 2.45) is 0 Å². The number of alkyl halides is 3. The zero-order valence-corrected chi connectivity index (χ0v) is 15.7. The zero-order valence-electron chi connectivity index (χ0n) is 13.2. The number of carbonyl (C=O) groups is 1. The largest absolute Gasteiger partial charge is 0.462 e. The fourth-order valence-electron chi connectivity index (χ4n) is 2.24. The summed E-state index contributed by atoms with van der Waals surface area (Å²) in [5.41, 5.74) is -0.576. The van der Waals surface area contributed by atoms with Gasteiger partial charge >= 0.3 is 12.1 Å². The highest BCUT2D eigenvalue weighted by Crippen LogP contribution is 2.35. The molecule has 5 nitrogen and oxygen atoms in total. The van der Waals surface area contributed by atoms with Crippen LogP contribution in [-0.2, 0) is 10.9 Å². The summed E-state index contributed by atoms with van der Waals surface area (Å²) in [5, 5.41) is 5.35. The highest BCUT2D eigenvalue weighted by molar-refractivity contribution is 9.10. The molecule has 0 fully saturated rings. The second-order valence-corrected chi connectivity index (χ2v) is 6.81. The van der Waals surface area contributed by atoms with Crippen LogP contribution in [0.2, 0.25) is 0 Å². The van der Waals surface area contributed by atoms with Crippen molar-refractivity contribution in [3.8, 4) is 16.4 Å². The molecule has 0 atom stereocenters. The van der Waals surface area contributed by atoms with Gasteiger partial charge in [0.05, 0.1) is 18.5 Å². The topological polar surface area (TPSA) is 57.0 Å². The Morgan fingerprint density at radius 2 is 2.00 bits per heavy atom. The Kier molecular flexibility index (Phi) is 5.15. The molecule has 1 aromatic carbocycles. The van der Waals surface area contributed by atoms with Crippen LogP contribution in [0.1, 0.15) is 23.0 Å². The molecular weight excluding hydrogens is 435 g/mol. The SMILES string of the molecule is CCOC(=O)c1cnn(-c2nc(-c3ccc(Br)cc3)cs2)c1C(F)(F)F. The summed E-state index contributed by atoms with van der Waals surface area (Å²) in [4.78, 5) is 16.0. The Hall–Kier alpha value is -2.20. The summed E-state index contributed by atoms with van der Waals surface area (Å²) in [6.45, 7) is 1.48. The molecule has 3 rings (SSSR count). The van der Waals surface area contributed by atoms with Gasteiger partial charge in [-0.3, -0.25) is 0 Å². The van der Waals surface area contributed by atoms with Crippen molar-refractivity contribution < 1.29 is 22.7 Å². The van der Waals surface area contributed by atoms with Crippen molar-refractivity contribution in [3.05, 3.63) is 51.6 Å². The van der Waals surface area contributed by atoms with Gasteiger partial charge in [-0.05, 0) is 19.1 Å². The standard InChI is InChI=1S/C16H11BrF3N3O2S/c1-2-25-14(24)11-7-21-23(13(11)16(18,19)20)15-22-12(8-26-15)9-3-5-10(17)6-4-9/h3-8H,2H2,1H3. The number of carbonyl (C=O) groups excluding carboxylic acids is 1. The van der Waals surface area contributed by atoms with Gasteiger partial charge in [0, 0.05) is 15.4 Å². The lowest BCUT2D eigenvalue weighted by molar-refractivity contribution is -0.143. The number of hydrogen-bond acceptors (Lipinski definition) is 5. The van der Waals surface area contributed by atoms with Crippen molar-refractivity contribution >= 4 is 33.2 Å². The van der Waals surface area contributed by atoms with Gasteiger partial charge in [0.15, 0.2) is 5.69 Å². The zero-order chi connectivity index (χ0) is 18.9. The number of hydrogen-bond donors (Lipinski definition) is 0. The molecule has 0 radical (unpaired) electrons. The molecule has 3 aromatic rings. The maximum absolute atomic E-state index is 13.5. The van der Waals surface area contributed by atoms with Crippen LogP contribution in [-0.4, -0.2) is 27.3 Å². The van der Waals surface area contributed by atoms with E-state index >= 15 is 0 Å². The first kappa shape index (κ1) is 18.6. The van der Waals surface area contributed by atoms with E-state index in [1.807, 2.05) is 12.1 Å². The van der Waals surface area contributed by atoms with E-state index < -0.39 is 23.4 Å². The van der Waals surface area contributed by atoms with E-state index in [1.54, 1.807) is 17.5 Å². The van der Waals surface area contributed by atoms with Gasteiger partial charge < -0.3 is 4.74 Å². The minimum absolute atomic E-state index is 0.00536. The summed E-state index contributed by atoms with van der Waals surface area (Å²) in [6.07, 6.45) is -3.94. The van der Waals surface area contributed by atoms with Crippen LogP contribution in [0.25, 0.3) is 16.4 Å². The monoisotopic (exact) mass is 445 g/mol. The predicted octanol–water partition coefficient (Wildman–Crippen LogP) is 4.95. The molecular formula is C16H11BrF3N3O2S. The van der Waals surface area contributed by atoms with Crippen LogP contribution in [0.15, 0.2) is 40.3 Å². The summed E-state index contributed by atoms with van der Waals surface area (Å²) < 4.78 is 46.7. The van der Waals surface area contributed by atoms with Crippen molar-refractivity contribution in [2.75, 3.05) is 6.61 Å². The molecule has 0 unspecified atom stereocenters. The van der Waals surface area contributed by atoms with E-state index in [2.05, 4.69) is 30.7 Å². The molecule has 2 heterocycles. The molecule has 136 valence electrons. The second kappa shape index (κ2) is 7.20. The quantitative estimate of drug-likeness (QED) is 0.532. The van der Waals surface area contributed by atoms with Gasteiger partial charge in [-0.2, -0.15) is 18.3 Å². The number of nitrogens with zero attached hydrogens (tertiary/aromatic N) is 3. The molecule has 0 bridgehead atoms. The van der Waals surface area contributed by atoms with E-state index in [0.717, 1.165) is 27.6 Å². The predicted molar refractivity (Wildman–Crippen MR) is 93.3 cm³/mol. The van der Waals surface area contributed by atoms with E-state index in [0.29, 0.717) is 10.4 Å².